The van der Waals surface area contributed by atoms with E-state index in [-0.39, 0.29) is 11.9 Å². The van der Waals surface area contributed by atoms with E-state index in [9.17, 15) is 4.79 Å². The van der Waals surface area contributed by atoms with E-state index in [2.05, 4.69) is 31.9 Å². The van der Waals surface area contributed by atoms with Gasteiger partial charge in [-0.1, -0.05) is 11.8 Å². The summed E-state index contributed by atoms with van der Waals surface area (Å²) in [6.45, 7) is 2.67. The van der Waals surface area contributed by atoms with E-state index >= 15 is 0 Å². The number of carbonyl (C=O) groups excluding carboxylic acids is 1. The summed E-state index contributed by atoms with van der Waals surface area (Å²) in [6.07, 6.45) is 4.08. The highest BCUT2D eigenvalue weighted by Gasteiger charge is 2.22. The number of hydrogen-bond acceptors (Lipinski definition) is 6. The molecule has 0 atom stereocenters. The van der Waals surface area contributed by atoms with Gasteiger partial charge in [-0.3, -0.25) is 15.2 Å². The summed E-state index contributed by atoms with van der Waals surface area (Å²) in [6, 6.07) is 7.14. The van der Waals surface area contributed by atoms with E-state index < -0.39 is 0 Å². The number of aromatic nitrogens is 2. The molecule has 5 rings (SSSR count). The number of hydrogen-bond donors (Lipinski definition) is 2. The van der Waals surface area contributed by atoms with Crippen molar-refractivity contribution in [2.24, 2.45) is 20.8 Å². The highest BCUT2D eigenvalue weighted by atomic mass is 16.2. The van der Waals surface area contributed by atoms with E-state index in [1.807, 2.05) is 0 Å². The molecule has 160 valence electrons. The molecule has 2 aliphatic heterocycles. The van der Waals surface area contributed by atoms with Crippen LogP contribution >= 0.6 is 0 Å². The fourth-order valence-electron chi connectivity index (χ4n) is 3.80. The lowest BCUT2D eigenvalue weighted by molar-refractivity contribution is 0.0690. The molecule has 3 N–H and O–H groups in total. The fraction of sp³-hybridized carbons (Fsp3) is 0.273. The molecule has 1 aliphatic carbocycles. The highest BCUT2D eigenvalue weighted by molar-refractivity contribution is 5.94. The molecule has 1 amide bonds. The first-order valence-corrected chi connectivity index (χ1v) is 10.3. The van der Waals surface area contributed by atoms with Gasteiger partial charge in [-0.05, 0) is 24.3 Å². The third-order valence-electron chi connectivity index (χ3n) is 5.51. The summed E-state index contributed by atoms with van der Waals surface area (Å²) < 4.78 is 1.73. The van der Waals surface area contributed by atoms with Gasteiger partial charge in [0.1, 0.15) is 0 Å². The van der Waals surface area contributed by atoms with Crippen LogP contribution in [-0.4, -0.2) is 70.3 Å². The lowest BCUT2D eigenvalue weighted by Crippen LogP contribution is -2.52. The average Bonchev–Trinajstić information content (AvgIpc) is 2.84. The minimum Gasteiger partial charge on any atom is -0.370 e. The van der Waals surface area contributed by atoms with Crippen molar-refractivity contribution in [3.8, 4) is 11.8 Å². The Bertz CT molecular complexity index is 1380. The normalized spacial score (nSPS) is 16.8. The largest absolute Gasteiger partial charge is 0.370 e. The maximum Gasteiger partial charge on any atom is 0.253 e. The van der Waals surface area contributed by atoms with Gasteiger partial charge in [-0.2, -0.15) is 5.10 Å². The topological polar surface area (TPSA) is 128 Å². The van der Waals surface area contributed by atoms with Crippen molar-refractivity contribution in [1.29, 1.82) is 5.41 Å². The van der Waals surface area contributed by atoms with Crippen LogP contribution in [0.15, 0.2) is 39.4 Å². The Morgan fingerprint density at radius 3 is 2.62 bits per heavy atom. The summed E-state index contributed by atoms with van der Waals surface area (Å²) in [4.78, 5) is 30.2. The summed E-state index contributed by atoms with van der Waals surface area (Å²) in [7, 11) is 0. The molecule has 1 saturated heterocycles. The predicted octanol–water partition coefficient (Wildman–Crippen LogP) is -1.43. The first-order chi connectivity index (χ1) is 15.6. The van der Waals surface area contributed by atoms with Crippen LogP contribution in [0.4, 0.5) is 5.69 Å². The average molecular weight is 427 g/mol. The van der Waals surface area contributed by atoms with Gasteiger partial charge in [0.2, 0.25) is 0 Å². The van der Waals surface area contributed by atoms with E-state index in [0.717, 1.165) is 11.0 Å². The summed E-state index contributed by atoms with van der Waals surface area (Å²) in [5, 5.41) is 12.8. The van der Waals surface area contributed by atoms with E-state index in [1.54, 1.807) is 51.0 Å². The predicted molar refractivity (Wildman–Crippen MR) is 119 cm³/mol. The van der Waals surface area contributed by atoms with Gasteiger partial charge in [0.15, 0.2) is 16.9 Å². The van der Waals surface area contributed by atoms with Gasteiger partial charge in [-0.25, -0.2) is 14.7 Å². The van der Waals surface area contributed by atoms with Crippen LogP contribution in [0.5, 0.6) is 0 Å². The molecule has 3 heterocycles. The van der Waals surface area contributed by atoms with Crippen molar-refractivity contribution in [3.05, 3.63) is 51.8 Å². The maximum absolute atomic E-state index is 12.8. The number of rotatable bonds is 2. The quantitative estimate of drug-likeness (QED) is 0.346. The van der Waals surface area contributed by atoms with Gasteiger partial charge < -0.3 is 15.5 Å². The van der Waals surface area contributed by atoms with Crippen LogP contribution < -0.4 is 22.1 Å². The van der Waals surface area contributed by atoms with Crippen LogP contribution in [0.2, 0.25) is 0 Å². The van der Waals surface area contributed by atoms with Crippen LogP contribution in [0.3, 0.4) is 0 Å². The first-order valence-electron chi connectivity index (χ1n) is 10.3. The molecular weight excluding hydrogens is 406 g/mol. The number of piperazine rings is 1. The standard InChI is InChI=1S/C22H21N9O/c23-22(24)30-13-11-29(12-14-30)21(32)15-5-7-16(8-6-15)27-19-20-25-9-10-26-31(20)18-4-2-1-3-17(18)28-19/h4-8,10H,3,9,11-14H2,(H3,23,24). The van der Waals surface area contributed by atoms with Crippen molar-refractivity contribution in [2.75, 3.05) is 32.7 Å². The van der Waals surface area contributed by atoms with Crippen LogP contribution in [-0.2, 0) is 6.42 Å². The molecule has 1 aromatic heterocycles. The second-order valence-electron chi connectivity index (χ2n) is 7.51. The number of nitrogens with two attached hydrogens (primary N) is 1. The Hall–Kier alpha value is -4.26. The smallest absolute Gasteiger partial charge is 0.253 e. The zero-order chi connectivity index (χ0) is 22.1. The Morgan fingerprint density at radius 1 is 1.12 bits per heavy atom. The Kier molecular flexibility index (Phi) is 4.99. The minimum absolute atomic E-state index is 0.0431. The monoisotopic (exact) mass is 427 g/mol. The lowest BCUT2D eigenvalue weighted by Gasteiger charge is -2.34. The zero-order valence-corrected chi connectivity index (χ0v) is 17.3. The van der Waals surface area contributed by atoms with E-state index in [4.69, 9.17) is 11.1 Å². The molecule has 0 unspecified atom stereocenters. The number of nitrogens with zero attached hydrogens (tertiary/aromatic N) is 7. The number of benzene rings is 1. The maximum atomic E-state index is 12.8. The Morgan fingerprint density at radius 2 is 1.88 bits per heavy atom. The number of nitrogens with one attached hydrogen (secondary N) is 1. The molecule has 0 spiro atoms. The minimum atomic E-state index is -0.0435. The Labute approximate surface area is 183 Å². The molecule has 1 fully saturated rings. The molecular formula is C22H21N9O. The third-order valence-corrected chi connectivity index (χ3v) is 5.51. The van der Waals surface area contributed by atoms with Crippen molar-refractivity contribution in [2.45, 2.75) is 6.42 Å². The Balaban J connectivity index is 1.42. The molecule has 0 saturated carbocycles. The van der Waals surface area contributed by atoms with Crippen molar-refractivity contribution < 1.29 is 4.79 Å². The van der Waals surface area contributed by atoms with Crippen molar-refractivity contribution >= 4 is 29.8 Å². The van der Waals surface area contributed by atoms with Gasteiger partial charge in [0.05, 0.1) is 29.7 Å². The second-order valence-corrected chi connectivity index (χ2v) is 7.51. The second kappa shape index (κ2) is 8.11. The number of carbonyl (C=O) groups is 1. The molecule has 2 aromatic rings. The number of amides is 1. The fourth-order valence-corrected chi connectivity index (χ4v) is 3.80. The molecule has 1 aromatic carbocycles. The zero-order valence-electron chi connectivity index (χ0n) is 17.3. The van der Waals surface area contributed by atoms with E-state index in [1.165, 1.54) is 0 Å². The molecule has 0 bridgehead atoms. The number of fused-ring (bicyclic) bond motifs is 3. The van der Waals surface area contributed by atoms with Crippen LogP contribution in [0, 0.1) is 17.3 Å². The molecule has 0 radical (unpaired) electrons. The highest BCUT2D eigenvalue weighted by Crippen LogP contribution is 2.15. The molecule has 3 aliphatic rings. The van der Waals surface area contributed by atoms with Gasteiger partial charge in [0, 0.05) is 44.0 Å². The van der Waals surface area contributed by atoms with E-state index in [0.29, 0.717) is 61.4 Å². The third kappa shape index (κ3) is 3.65. The van der Waals surface area contributed by atoms with Gasteiger partial charge in [0.25, 0.3) is 5.91 Å². The molecule has 32 heavy (non-hydrogen) atoms. The summed E-state index contributed by atoms with van der Waals surface area (Å²) in [5.41, 5.74) is 8.69. The van der Waals surface area contributed by atoms with Crippen molar-refractivity contribution in [3.63, 3.8) is 0 Å². The van der Waals surface area contributed by atoms with Crippen LogP contribution in [0.1, 0.15) is 16.1 Å². The molecule has 10 heteroatoms. The number of guanidine groups is 1. The van der Waals surface area contributed by atoms with Gasteiger partial charge >= 0.3 is 0 Å². The lowest BCUT2D eigenvalue weighted by atomic mass is 10.1. The molecule has 10 nitrogen and oxygen atoms in total. The van der Waals surface area contributed by atoms with Gasteiger partial charge in [-0.15, -0.1) is 0 Å². The first kappa shape index (κ1) is 19.7. The van der Waals surface area contributed by atoms with Crippen molar-refractivity contribution in [1.82, 2.24) is 19.5 Å². The SMILES string of the molecule is N=C(N)N1CCN(C(=O)c2ccc(N=c3nc4c(n5c3=NCC=N5)=CC#CC4)cc2)CC1. The summed E-state index contributed by atoms with van der Waals surface area (Å²) >= 11 is 0. The summed E-state index contributed by atoms with van der Waals surface area (Å²) in [5.74, 6) is 6.00. The van der Waals surface area contributed by atoms with Crippen LogP contribution in [0.25, 0.3) is 6.08 Å².